The fourth-order valence-corrected chi connectivity index (χ4v) is 3.47. The topological polar surface area (TPSA) is 44.4 Å². The molecule has 0 aromatic carbocycles. The zero-order chi connectivity index (χ0) is 14.4. The van der Waals surface area contributed by atoms with Gasteiger partial charge in [-0.15, -0.1) is 0 Å². The van der Waals surface area contributed by atoms with Crippen LogP contribution in [0.15, 0.2) is 0 Å². The summed E-state index contributed by atoms with van der Waals surface area (Å²) >= 11 is 0. The Hall–Kier alpha value is -0.610. The van der Waals surface area contributed by atoms with Crippen LogP contribution in [-0.4, -0.2) is 48.6 Å². The second kappa shape index (κ2) is 7.41. The molecule has 4 heteroatoms. The lowest BCUT2D eigenvalue weighted by Gasteiger charge is -2.35. The fraction of sp³-hybridized carbons (Fsp3) is 0.938. The van der Waals surface area contributed by atoms with Crippen molar-refractivity contribution < 1.29 is 4.79 Å². The van der Waals surface area contributed by atoms with E-state index in [1.165, 1.54) is 19.4 Å². The van der Waals surface area contributed by atoms with Gasteiger partial charge in [-0.05, 0) is 51.6 Å². The maximum absolute atomic E-state index is 12.5. The van der Waals surface area contributed by atoms with E-state index in [9.17, 15) is 4.79 Å². The Kier molecular flexibility index (Phi) is 5.85. The molecule has 0 saturated carbocycles. The zero-order valence-corrected chi connectivity index (χ0v) is 13.2. The molecule has 116 valence electrons. The lowest BCUT2D eigenvalue weighted by Crippen LogP contribution is -2.56. The first kappa shape index (κ1) is 15.8. The number of hydrogen-bond donors (Lipinski definition) is 2. The molecule has 2 heterocycles. The summed E-state index contributed by atoms with van der Waals surface area (Å²) in [5, 5.41) is 6.72. The molecule has 0 aromatic rings. The van der Waals surface area contributed by atoms with E-state index in [-0.39, 0.29) is 11.4 Å². The molecular weight excluding hydrogens is 250 g/mol. The Balaban J connectivity index is 1.76. The van der Waals surface area contributed by atoms with Gasteiger partial charge in [0.25, 0.3) is 0 Å². The molecular formula is C16H31N3O. The second-order valence-electron chi connectivity index (χ2n) is 6.41. The quantitative estimate of drug-likeness (QED) is 0.781. The molecule has 0 spiro atoms. The number of carbonyl (C=O) groups is 1. The van der Waals surface area contributed by atoms with Crippen LogP contribution in [-0.2, 0) is 4.79 Å². The van der Waals surface area contributed by atoms with Gasteiger partial charge in [0.1, 0.15) is 0 Å². The number of carbonyl (C=O) groups excluding carboxylic acids is 1. The van der Waals surface area contributed by atoms with Crippen LogP contribution in [0, 0.1) is 0 Å². The minimum Gasteiger partial charge on any atom is -0.352 e. The molecule has 0 bridgehead atoms. The lowest BCUT2D eigenvalue weighted by molar-refractivity contribution is -0.128. The highest BCUT2D eigenvalue weighted by atomic mass is 16.2. The highest BCUT2D eigenvalue weighted by molar-refractivity contribution is 5.86. The Bertz CT molecular complexity index is 305. The lowest BCUT2D eigenvalue weighted by atomic mass is 9.92. The summed E-state index contributed by atoms with van der Waals surface area (Å²) in [6.07, 6.45) is 7.78. The van der Waals surface area contributed by atoms with Gasteiger partial charge in [-0.3, -0.25) is 4.79 Å². The van der Waals surface area contributed by atoms with E-state index in [0.717, 1.165) is 51.7 Å². The number of unbranched alkanes of at least 4 members (excludes halogenated alkanes) is 1. The molecule has 1 amide bonds. The van der Waals surface area contributed by atoms with Crippen molar-refractivity contribution in [3.05, 3.63) is 0 Å². The average molecular weight is 281 g/mol. The SMILES string of the molecule is CCCCN1CCC(NC(=O)C2(CC)CCCN2)CC1. The number of nitrogens with one attached hydrogen (secondary N) is 2. The summed E-state index contributed by atoms with van der Waals surface area (Å²) in [5.41, 5.74) is -0.278. The second-order valence-corrected chi connectivity index (χ2v) is 6.41. The van der Waals surface area contributed by atoms with Gasteiger partial charge >= 0.3 is 0 Å². The van der Waals surface area contributed by atoms with Gasteiger partial charge in [0.05, 0.1) is 5.54 Å². The van der Waals surface area contributed by atoms with E-state index in [1.54, 1.807) is 0 Å². The van der Waals surface area contributed by atoms with Gasteiger partial charge in [-0.1, -0.05) is 20.3 Å². The number of likely N-dealkylation sites (tertiary alicyclic amines) is 1. The first-order chi connectivity index (χ1) is 9.70. The van der Waals surface area contributed by atoms with Gasteiger partial charge in [0, 0.05) is 19.1 Å². The summed E-state index contributed by atoms with van der Waals surface area (Å²) in [5.74, 6) is 0.240. The van der Waals surface area contributed by atoms with Crippen LogP contribution >= 0.6 is 0 Å². The molecule has 1 atom stereocenters. The Morgan fingerprint density at radius 1 is 1.35 bits per heavy atom. The van der Waals surface area contributed by atoms with Crippen molar-refractivity contribution >= 4 is 5.91 Å². The molecule has 0 aliphatic carbocycles. The number of piperidine rings is 1. The summed E-state index contributed by atoms with van der Waals surface area (Å²) in [7, 11) is 0. The van der Waals surface area contributed by atoms with Crippen LogP contribution in [0.4, 0.5) is 0 Å². The molecule has 0 aromatic heterocycles. The maximum Gasteiger partial charge on any atom is 0.240 e. The minimum absolute atomic E-state index is 0.240. The molecule has 2 aliphatic heterocycles. The van der Waals surface area contributed by atoms with Crippen molar-refractivity contribution in [2.75, 3.05) is 26.2 Å². The predicted octanol–water partition coefficient (Wildman–Crippen LogP) is 1.90. The van der Waals surface area contributed by atoms with Crippen LogP contribution in [0.25, 0.3) is 0 Å². The van der Waals surface area contributed by atoms with Crippen molar-refractivity contribution in [3.63, 3.8) is 0 Å². The smallest absolute Gasteiger partial charge is 0.240 e. The molecule has 2 rings (SSSR count). The van der Waals surface area contributed by atoms with E-state index in [4.69, 9.17) is 0 Å². The van der Waals surface area contributed by atoms with E-state index in [1.807, 2.05) is 0 Å². The van der Waals surface area contributed by atoms with Gasteiger partial charge in [-0.2, -0.15) is 0 Å². The summed E-state index contributed by atoms with van der Waals surface area (Å²) in [4.78, 5) is 15.1. The van der Waals surface area contributed by atoms with Gasteiger partial charge < -0.3 is 15.5 Å². The van der Waals surface area contributed by atoms with Gasteiger partial charge in [0.2, 0.25) is 5.91 Å². The molecule has 4 nitrogen and oxygen atoms in total. The summed E-state index contributed by atoms with van der Waals surface area (Å²) in [6.45, 7) is 8.83. The first-order valence-electron chi connectivity index (χ1n) is 8.48. The van der Waals surface area contributed by atoms with Crippen molar-refractivity contribution in [2.45, 2.75) is 70.4 Å². The van der Waals surface area contributed by atoms with E-state index in [2.05, 4.69) is 29.4 Å². The van der Waals surface area contributed by atoms with Crippen molar-refractivity contribution in [2.24, 2.45) is 0 Å². The third-order valence-corrected chi connectivity index (χ3v) is 5.03. The minimum atomic E-state index is -0.278. The largest absolute Gasteiger partial charge is 0.352 e. The molecule has 2 saturated heterocycles. The van der Waals surface area contributed by atoms with Crippen molar-refractivity contribution in [3.8, 4) is 0 Å². The fourth-order valence-electron chi connectivity index (χ4n) is 3.47. The predicted molar refractivity (Wildman–Crippen MR) is 82.8 cm³/mol. The Labute approximate surface area is 123 Å². The average Bonchev–Trinajstić information content (AvgIpc) is 2.97. The van der Waals surface area contributed by atoms with Crippen LogP contribution < -0.4 is 10.6 Å². The van der Waals surface area contributed by atoms with Crippen molar-refractivity contribution in [1.82, 2.24) is 15.5 Å². The van der Waals surface area contributed by atoms with Crippen LogP contribution in [0.3, 0.4) is 0 Å². The van der Waals surface area contributed by atoms with Crippen molar-refractivity contribution in [1.29, 1.82) is 0 Å². The normalized spacial score (nSPS) is 28.7. The number of amides is 1. The van der Waals surface area contributed by atoms with Gasteiger partial charge in [-0.25, -0.2) is 0 Å². The molecule has 2 fully saturated rings. The summed E-state index contributed by atoms with van der Waals surface area (Å²) < 4.78 is 0. The Morgan fingerprint density at radius 2 is 2.10 bits per heavy atom. The van der Waals surface area contributed by atoms with E-state index < -0.39 is 0 Å². The van der Waals surface area contributed by atoms with Crippen LogP contribution in [0.1, 0.15) is 58.8 Å². The molecule has 2 aliphatic rings. The van der Waals surface area contributed by atoms with E-state index in [0.29, 0.717) is 6.04 Å². The number of nitrogens with zero attached hydrogens (tertiary/aromatic N) is 1. The standard InChI is InChI=1S/C16H31N3O/c1-3-5-11-19-12-7-14(8-13-19)18-15(20)16(4-2)9-6-10-17-16/h14,17H,3-13H2,1-2H3,(H,18,20). The monoisotopic (exact) mass is 281 g/mol. The maximum atomic E-state index is 12.5. The molecule has 20 heavy (non-hydrogen) atoms. The van der Waals surface area contributed by atoms with Crippen LogP contribution in [0.5, 0.6) is 0 Å². The highest BCUT2D eigenvalue weighted by Gasteiger charge is 2.39. The zero-order valence-electron chi connectivity index (χ0n) is 13.2. The number of rotatable bonds is 6. The van der Waals surface area contributed by atoms with Gasteiger partial charge in [0.15, 0.2) is 0 Å². The molecule has 1 unspecified atom stereocenters. The molecule has 2 N–H and O–H groups in total. The number of hydrogen-bond acceptors (Lipinski definition) is 3. The van der Waals surface area contributed by atoms with Crippen LogP contribution in [0.2, 0.25) is 0 Å². The summed E-state index contributed by atoms with van der Waals surface area (Å²) in [6, 6.07) is 0.381. The molecule has 0 radical (unpaired) electrons. The highest BCUT2D eigenvalue weighted by Crippen LogP contribution is 2.24. The third-order valence-electron chi connectivity index (χ3n) is 5.03. The van der Waals surface area contributed by atoms with E-state index >= 15 is 0 Å². The first-order valence-corrected chi connectivity index (χ1v) is 8.48. The Morgan fingerprint density at radius 3 is 2.65 bits per heavy atom. The third kappa shape index (κ3) is 3.73.